The van der Waals surface area contributed by atoms with Crippen molar-refractivity contribution in [2.24, 2.45) is 5.92 Å². The van der Waals surface area contributed by atoms with E-state index in [2.05, 4.69) is 17.6 Å². The van der Waals surface area contributed by atoms with Crippen molar-refractivity contribution >= 4 is 29.7 Å². The molecular formula is C22H28N4O4. The number of nitrogens with zero attached hydrogens (tertiary/aromatic N) is 2. The Morgan fingerprint density at radius 1 is 1.20 bits per heavy atom. The topological polar surface area (TPSA) is 112 Å². The Morgan fingerprint density at radius 3 is 2.47 bits per heavy atom. The van der Waals surface area contributed by atoms with Crippen LogP contribution in [0, 0.1) is 17.2 Å². The van der Waals surface area contributed by atoms with E-state index in [-0.39, 0.29) is 11.6 Å². The number of ether oxygens (including phenoxy) is 1. The zero-order valence-electron chi connectivity index (χ0n) is 17.6. The summed E-state index contributed by atoms with van der Waals surface area (Å²) in [4.78, 5) is 37.9. The van der Waals surface area contributed by atoms with Crippen molar-refractivity contribution in [3.05, 3.63) is 35.4 Å². The van der Waals surface area contributed by atoms with E-state index in [1.54, 1.807) is 18.2 Å². The molecule has 2 N–H and O–H groups in total. The van der Waals surface area contributed by atoms with Crippen molar-refractivity contribution in [3.63, 3.8) is 0 Å². The van der Waals surface area contributed by atoms with Crippen LogP contribution in [0.1, 0.15) is 38.2 Å². The number of carbonyl (C=O) groups is 3. The number of imide groups is 1. The van der Waals surface area contributed by atoms with Crippen molar-refractivity contribution in [1.82, 2.24) is 10.6 Å². The fourth-order valence-electron chi connectivity index (χ4n) is 3.28. The van der Waals surface area contributed by atoms with Crippen LogP contribution in [0.4, 0.5) is 10.5 Å². The molecule has 2 rings (SSSR count). The van der Waals surface area contributed by atoms with Crippen LogP contribution in [0.15, 0.2) is 29.8 Å². The third-order valence-corrected chi connectivity index (χ3v) is 5.08. The molecular weight excluding hydrogens is 384 g/mol. The van der Waals surface area contributed by atoms with Crippen molar-refractivity contribution in [2.75, 3.05) is 25.6 Å². The number of anilines is 1. The van der Waals surface area contributed by atoms with E-state index >= 15 is 0 Å². The first-order valence-corrected chi connectivity index (χ1v) is 9.96. The smallest absolute Gasteiger partial charge is 0.349 e. The molecule has 1 aliphatic rings. The van der Waals surface area contributed by atoms with Gasteiger partial charge in [-0.25, -0.2) is 9.59 Å². The zero-order valence-corrected chi connectivity index (χ0v) is 17.6. The van der Waals surface area contributed by atoms with Crippen molar-refractivity contribution in [1.29, 1.82) is 5.26 Å². The minimum absolute atomic E-state index is 0.0288. The minimum atomic E-state index is -0.925. The van der Waals surface area contributed by atoms with E-state index in [0.717, 1.165) is 31.4 Å². The molecule has 0 unspecified atom stereocenters. The van der Waals surface area contributed by atoms with Gasteiger partial charge in [0, 0.05) is 25.8 Å². The maximum Gasteiger partial charge on any atom is 0.349 e. The molecule has 0 saturated heterocycles. The minimum Gasteiger partial charge on any atom is -0.451 e. The molecule has 0 radical (unpaired) electrons. The lowest BCUT2D eigenvalue weighted by Gasteiger charge is -2.29. The fourth-order valence-corrected chi connectivity index (χ4v) is 3.28. The standard InChI is InChI=1S/C22H28N4O4/c1-15-6-4-5-7-19(15)24-22(29)25-20(27)14-30-21(28)17(13-23)12-16-8-10-18(11-9-16)26(2)3/h8-12,15,19H,4-7,14H2,1-3H3,(H2,24,25,27,29)/b17-12+/t15-,19-/m1/s1. The van der Waals surface area contributed by atoms with Crippen LogP contribution in [0.25, 0.3) is 6.08 Å². The van der Waals surface area contributed by atoms with Crippen LogP contribution in [0.3, 0.4) is 0 Å². The van der Waals surface area contributed by atoms with Gasteiger partial charge in [0.05, 0.1) is 0 Å². The van der Waals surface area contributed by atoms with Gasteiger partial charge in [-0.3, -0.25) is 10.1 Å². The Hall–Kier alpha value is -3.34. The van der Waals surface area contributed by atoms with Gasteiger partial charge in [0.15, 0.2) is 6.61 Å². The number of rotatable bonds is 6. The molecule has 8 heteroatoms. The number of nitrogens with one attached hydrogen (secondary N) is 2. The Bertz CT molecular complexity index is 840. The molecule has 1 aromatic rings. The van der Waals surface area contributed by atoms with Crippen LogP contribution >= 0.6 is 0 Å². The molecule has 1 aromatic carbocycles. The largest absolute Gasteiger partial charge is 0.451 e. The van der Waals surface area contributed by atoms with Gasteiger partial charge >= 0.3 is 12.0 Å². The highest BCUT2D eigenvalue weighted by molar-refractivity contribution is 6.00. The highest BCUT2D eigenvalue weighted by Crippen LogP contribution is 2.23. The predicted molar refractivity (Wildman–Crippen MR) is 113 cm³/mol. The Kier molecular flexibility index (Phi) is 8.41. The summed E-state index contributed by atoms with van der Waals surface area (Å²) in [7, 11) is 3.81. The number of nitriles is 1. The maximum atomic E-state index is 12.1. The van der Waals surface area contributed by atoms with Gasteiger partial charge in [-0.05, 0) is 42.5 Å². The lowest BCUT2D eigenvalue weighted by Crippen LogP contribution is -2.48. The molecule has 1 aliphatic carbocycles. The molecule has 0 aliphatic heterocycles. The number of hydrogen-bond acceptors (Lipinski definition) is 6. The number of carbonyl (C=O) groups excluding carboxylic acids is 3. The normalized spacial score (nSPS) is 18.7. The monoisotopic (exact) mass is 412 g/mol. The van der Waals surface area contributed by atoms with Crippen LogP contribution in [0.2, 0.25) is 0 Å². The summed E-state index contributed by atoms with van der Waals surface area (Å²) in [6.07, 6.45) is 5.49. The molecule has 3 amide bonds. The molecule has 30 heavy (non-hydrogen) atoms. The first kappa shape index (κ1) is 22.9. The Morgan fingerprint density at radius 2 is 1.87 bits per heavy atom. The van der Waals surface area contributed by atoms with Crippen LogP contribution in [-0.2, 0) is 14.3 Å². The number of urea groups is 1. The van der Waals surface area contributed by atoms with Crippen molar-refractivity contribution in [3.8, 4) is 6.07 Å². The molecule has 1 fully saturated rings. The van der Waals surface area contributed by atoms with E-state index in [4.69, 9.17) is 4.74 Å². The average molecular weight is 412 g/mol. The molecule has 1 saturated carbocycles. The van der Waals surface area contributed by atoms with Crippen molar-refractivity contribution in [2.45, 2.75) is 38.6 Å². The van der Waals surface area contributed by atoms with Crippen LogP contribution in [-0.4, -0.2) is 44.7 Å². The molecule has 2 atom stereocenters. The second-order valence-corrected chi connectivity index (χ2v) is 7.62. The van der Waals surface area contributed by atoms with E-state index < -0.39 is 24.5 Å². The highest BCUT2D eigenvalue weighted by atomic mass is 16.5. The average Bonchev–Trinajstić information content (AvgIpc) is 2.72. The summed E-state index contributed by atoms with van der Waals surface area (Å²) in [5, 5.41) is 14.2. The summed E-state index contributed by atoms with van der Waals surface area (Å²) >= 11 is 0. The lowest BCUT2D eigenvalue weighted by atomic mass is 9.86. The summed E-state index contributed by atoms with van der Waals surface area (Å²) in [5.41, 5.74) is 1.39. The van der Waals surface area contributed by atoms with Gasteiger partial charge in [-0.1, -0.05) is 31.9 Å². The maximum absolute atomic E-state index is 12.1. The summed E-state index contributed by atoms with van der Waals surface area (Å²) in [6, 6.07) is 8.44. The SMILES string of the molecule is C[C@@H]1CCCC[C@H]1NC(=O)NC(=O)COC(=O)/C(C#N)=C/c1ccc(N(C)C)cc1. The predicted octanol–water partition coefficient (Wildman–Crippen LogP) is 2.61. The third kappa shape index (κ3) is 6.92. The van der Waals surface area contributed by atoms with E-state index in [0.29, 0.717) is 11.5 Å². The highest BCUT2D eigenvalue weighted by Gasteiger charge is 2.23. The van der Waals surface area contributed by atoms with Crippen LogP contribution < -0.4 is 15.5 Å². The Labute approximate surface area is 176 Å². The van der Waals surface area contributed by atoms with Gasteiger partial charge < -0.3 is 15.0 Å². The number of benzene rings is 1. The molecule has 0 heterocycles. The van der Waals surface area contributed by atoms with Crippen molar-refractivity contribution < 1.29 is 19.1 Å². The summed E-state index contributed by atoms with van der Waals surface area (Å²) < 4.78 is 4.87. The van der Waals surface area contributed by atoms with Gasteiger partial charge in [0.1, 0.15) is 11.6 Å². The van der Waals surface area contributed by atoms with Gasteiger partial charge in [-0.2, -0.15) is 5.26 Å². The second kappa shape index (κ2) is 11.0. The Balaban J connectivity index is 1.84. The molecule has 160 valence electrons. The van der Waals surface area contributed by atoms with Gasteiger partial charge in [0.2, 0.25) is 0 Å². The second-order valence-electron chi connectivity index (χ2n) is 7.62. The molecule has 0 bridgehead atoms. The van der Waals surface area contributed by atoms with Crippen LogP contribution in [0.5, 0.6) is 0 Å². The first-order chi connectivity index (χ1) is 14.3. The summed E-state index contributed by atoms with van der Waals surface area (Å²) in [5.74, 6) is -1.32. The van der Waals surface area contributed by atoms with E-state index in [1.807, 2.05) is 31.1 Å². The molecule has 8 nitrogen and oxygen atoms in total. The number of hydrogen-bond donors (Lipinski definition) is 2. The fraction of sp³-hybridized carbons (Fsp3) is 0.455. The number of esters is 1. The quantitative estimate of drug-likeness (QED) is 0.422. The van der Waals surface area contributed by atoms with E-state index in [1.165, 1.54) is 6.08 Å². The molecule has 0 aromatic heterocycles. The zero-order chi connectivity index (χ0) is 22.1. The van der Waals surface area contributed by atoms with Gasteiger partial charge in [0.25, 0.3) is 5.91 Å². The third-order valence-electron chi connectivity index (χ3n) is 5.08. The summed E-state index contributed by atoms with van der Waals surface area (Å²) in [6.45, 7) is 1.42. The number of amides is 3. The van der Waals surface area contributed by atoms with E-state index in [9.17, 15) is 19.6 Å². The van der Waals surface area contributed by atoms with Gasteiger partial charge in [-0.15, -0.1) is 0 Å². The lowest BCUT2D eigenvalue weighted by molar-refractivity contribution is -0.144. The molecule has 0 spiro atoms. The first-order valence-electron chi connectivity index (χ1n) is 9.96.